The summed E-state index contributed by atoms with van der Waals surface area (Å²) in [5.41, 5.74) is 0. The number of phosphoric acid groups is 1. The molecule has 0 aliphatic carbocycles. The molecule has 0 heterocycles. The fourth-order valence-electron chi connectivity index (χ4n) is 7.93. The lowest BCUT2D eigenvalue weighted by Crippen LogP contribution is -2.30. The third-order valence-corrected chi connectivity index (χ3v) is 13.1. The molecule has 390 valence electrons. The van der Waals surface area contributed by atoms with Gasteiger partial charge < -0.3 is 24.2 Å². The van der Waals surface area contributed by atoms with Crippen molar-refractivity contribution in [2.45, 2.75) is 290 Å². The summed E-state index contributed by atoms with van der Waals surface area (Å²) < 4.78 is 39.4. The summed E-state index contributed by atoms with van der Waals surface area (Å²) in [6.45, 7) is 4.63. The Bertz CT molecular complexity index is 1160. The molecule has 0 amide bonds. The molecule has 0 fully saturated rings. The van der Waals surface area contributed by atoms with Gasteiger partial charge in [0, 0.05) is 19.3 Å². The van der Waals surface area contributed by atoms with E-state index in [4.69, 9.17) is 23.3 Å². The summed E-state index contributed by atoms with van der Waals surface area (Å²) in [4.78, 5) is 48.3. The van der Waals surface area contributed by atoms with Gasteiger partial charge in [-0.2, -0.15) is 0 Å². The van der Waals surface area contributed by atoms with E-state index in [1.165, 1.54) is 141 Å². The van der Waals surface area contributed by atoms with E-state index in [0.29, 0.717) is 19.3 Å². The van der Waals surface area contributed by atoms with Gasteiger partial charge in [-0.3, -0.25) is 23.4 Å². The van der Waals surface area contributed by atoms with E-state index in [1.54, 1.807) is 0 Å². The molecule has 12 heteroatoms. The SMILES string of the molecule is CCCC/C=C\CCCCCCCC(=O)OC(CO)COP(=O)(O)OCC(COC(=O)CCCCCCCCCCCCCCCCC)OC(=O)CCCCCCCCCCCCCCC. The van der Waals surface area contributed by atoms with Crippen molar-refractivity contribution in [1.29, 1.82) is 0 Å². The van der Waals surface area contributed by atoms with Gasteiger partial charge in [-0.05, 0) is 38.5 Å². The summed E-state index contributed by atoms with van der Waals surface area (Å²) in [5, 5.41) is 9.77. The lowest BCUT2D eigenvalue weighted by molar-refractivity contribution is -0.161. The van der Waals surface area contributed by atoms with Crippen LogP contribution in [0.25, 0.3) is 0 Å². The summed E-state index contributed by atoms with van der Waals surface area (Å²) in [7, 11) is -4.73. The maximum absolute atomic E-state index is 12.8. The van der Waals surface area contributed by atoms with Crippen LogP contribution in [0.4, 0.5) is 0 Å². The Hall–Kier alpha value is -1.78. The number of esters is 3. The van der Waals surface area contributed by atoms with Gasteiger partial charge in [-0.1, -0.05) is 232 Å². The molecular weight excluding hydrogens is 856 g/mol. The molecule has 0 bridgehead atoms. The highest BCUT2D eigenvalue weighted by Gasteiger charge is 2.28. The fourth-order valence-corrected chi connectivity index (χ4v) is 8.71. The maximum atomic E-state index is 12.8. The number of aliphatic hydroxyl groups excluding tert-OH is 1. The van der Waals surface area contributed by atoms with Crippen LogP contribution in [0.15, 0.2) is 12.2 Å². The third-order valence-electron chi connectivity index (χ3n) is 12.2. The molecule has 11 nitrogen and oxygen atoms in total. The molecule has 0 spiro atoms. The number of rotatable bonds is 52. The lowest BCUT2D eigenvalue weighted by atomic mass is 10.0. The minimum absolute atomic E-state index is 0.172. The molecule has 0 aromatic rings. The van der Waals surface area contributed by atoms with E-state index < -0.39 is 57.8 Å². The second-order valence-corrected chi connectivity index (χ2v) is 20.2. The Labute approximate surface area is 405 Å². The van der Waals surface area contributed by atoms with Crippen molar-refractivity contribution in [2.75, 3.05) is 26.4 Å². The second-order valence-electron chi connectivity index (χ2n) is 18.8. The molecule has 3 atom stereocenters. The number of phosphoric ester groups is 1. The van der Waals surface area contributed by atoms with Crippen LogP contribution in [0.5, 0.6) is 0 Å². The largest absolute Gasteiger partial charge is 0.472 e. The summed E-state index contributed by atoms with van der Waals surface area (Å²) >= 11 is 0. The van der Waals surface area contributed by atoms with Crippen molar-refractivity contribution >= 4 is 25.7 Å². The zero-order valence-electron chi connectivity index (χ0n) is 42.9. The van der Waals surface area contributed by atoms with Crippen molar-refractivity contribution in [3.05, 3.63) is 12.2 Å². The Morgan fingerprint density at radius 2 is 0.712 bits per heavy atom. The Morgan fingerprint density at radius 1 is 0.409 bits per heavy atom. The number of hydrogen-bond donors (Lipinski definition) is 2. The van der Waals surface area contributed by atoms with Crippen LogP contribution in [0.1, 0.15) is 278 Å². The standard InChI is InChI=1S/C54H103O11P/c1-4-7-10-13-16-19-22-24-25-27-29-31-34-37-40-43-52(56)61-47-51(65-54(58)45-42-39-36-33-30-26-23-20-17-14-11-8-5-2)49-63-66(59,60)62-48-50(46-55)64-53(57)44-41-38-35-32-28-21-18-15-12-9-6-3/h15,18,50-51,55H,4-14,16-17,19-49H2,1-3H3,(H,59,60)/b18-15-. The smallest absolute Gasteiger partial charge is 0.462 e. The average Bonchev–Trinajstić information content (AvgIpc) is 3.30. The zero-order valence-corrected chi connectivity index (χ0v) is 43.8. The van der Waals surface area contributed by atoms with Crippen LogP contribution in [0.3, 0.4) is 0 Å². The van der Waals surface area contributed by atoms with Crippen LogP contribution >= 0.6 is 7.82 Å². The van der Waals surface area contributed by atoms with E-state index in [2.05, 4.69) is 32.9 Å². The first-order valence-electron chi connectivity index (χ1n) is 27.6. The van der Waals surface area contributed by atoms with Gasteiger partial charge in [-0.15, -0.1) is 0 Å². The minimum Gasteiger partial charge on any atom is -0.462 e. The Morgan fingerprint density at radius 3 is 1.09 bits per heavy atom. The Kier molecular flexibility index (Phi) is 48.3. The molecule has 0 aromatic carbocycles. The van der Waals surface area contributed by atoms with E-state index in [0.717, 1.165) is 77.0 Å². The third kappa shape index (κ3) is 47.3. The quantitative estimate of drug-likeness (QED) is 0.0197. The topological polar surface area (TPSA) is 155 Å². The van der Waals surface area contributed by atoms with Crippen LogP contribution < -0.4 is 0 Å². The first kappa shape index (κ1) is 64.2. The number of hydrogen-bond acceptors (Lipinski definition) is 10. The molecule has 0 radical (unpaired) electrons. The molecule has 2 N–H and O–H groups in total. The highest BCUT2D eigenvalue weighted by atomic mass is 31.2. The monoisotopic (exact) mass is 959 g/mol. The van der Waals surface area contributed by atoms with Crippen molar-refractivity contribution in [2.24, 2.45) is 0 Å². The van der Waals surface area contributed by atoms with Gasteiger partial charge >= 0.3 is 25.7 Å². The number of carbonyl (C=O) groups is 3. The molecule has 0 aromatic heterocycles. The first-order valence-corrected chi connectivity index (χ1v) is 29.1. The Balaban J connectivity index is 4.69. The maximum Gasteiger partial charge on any atom is 0.472 e. The summed E-state index contributed by atoms with van der Waals surface area (Å²) in [6.07, 6.45) is 46.0. The highest BCUT2D eigenvalue weighted by molar-refractivity contribution is 7.47. The summed E-state index contributed by atoms with van der Waals surface area (Å²) in [5.74, 6) is -1.45. The van der Waals surface area contributed by atoms with E-state index in [9.17, 15) is 28.9 Å². The number of ether oxygens (including phenoxy) is 3. The van der Waals surface area contributed by atoms with Gasteiger partial charge in [0.15, 0.2) is 6.10 Å². The molecule has 0 saturated carbocycles. The normalized spacial score (nSPS) is 13.5. The predicted octanol–water partition coefficient (Wildman–Crippen LogP) is 15.7. The average molecular weight is 959 g/mol. The van der Waals surface area contributed by atoms with Crippen LogP contribution in [-0.4, -0.2) is 66.5 Å². The van der Waals surface area contributed by atoms with Crippen molar-refractivity contribution in [1.82, 2.24) is 0 Å². The van der Waals surface area contributed by atoms with Gasteiger partial charge in [0.25, 0.3) is 0 Å². The fraction of sp³-hybridized carbons (Fsp3) is 0.907. The molecule has 66 heavy (non-hydrogen) atoms. The van der Waals surface area contributed by atoms with E-state index in [-0.39, 0.29) is 25.9 Å². The zero-order chi connectivity index (χ0) is 48.4. The number of aliphatic hydroxyl groups is 1. The second kappa shape index (κ2) is 49.6. The summed E-state index contributed by atoms with van der Waals surface area (Å²) in [6, 6.07) is 0. The molecule has 3 unspecified atom stereocenters. The molecule has 0 rings (SSSR count). The van der Waals surface area contributed by atoms with Crippen LogP contribution in [0.2, 0.25) is 0 Å². The van der Waals surface area contributed by atoms with Gasteiger partial charge in [0.05, 0.1) is 19.8 Å². The molecule has 0 aliphatic rings. The predicted molar refractivity (Wildman–Crippen MR) is 270 cm³/mol. The highest BCUT2D eigenvalue weighted by Crippen LogP contribution is 2.43. The number of unbranched alkanes of at least 4 members (excludes halogenated alkanes) is 33. The van der Waals surface area contributed by atoms with Gasteiger partial charge in [0.2, 0.25) is 0 Å². The first-order chi connectivity index (χ1) is 32.2. The van der Waals surface area contributed by atoms with Crippen molar-refractivity contribution < 1.29 is 52.2 Å². The van der Waals surface area contributed by atoms with Crippen LogP contribution in [0, 0.1) is 0 Å². The van der Waals surface area contributed by atoms with E-state index >= 15 is 0 Å². The molecule has 0 saturated heterocycles. The minimum atomic E-state index is -4.73. The van der Waals surface area contributed by atoms with E-state index in [1.807, 2.05) is 0 Å². The number of allylic oxidation sites excluding steroid dienone is 2. The van der Waals surface area contributed by atoms with Gasteiger partial charge in [-0.25, -0.2) is 4.57 Å². The molecular formula is C54H103O11P. The van der Waals surface area contributed by atoms with Crippen molar-refractivity contribution in [3.8, 4) is 0 Å². The van der Waals surface area contributed by atoms with Crippen molar-refractivity contribution in [3.63, 3.8) is 0 Å². The number of carbonyl (C=O) groups excluding carboxylic acids is 3. The van der Waals surface area contributed by atoms with Crippen LogP contribution in [-0.2, 0) is 42.2 Å². The molecule has 0 aliphatic heterocycles. The van der Waals surface area contributed by atoms with Gasteiger partial charge in [0.1, 0.15) is 12.7 Å². The lowest BCUT2D eigenvalue weighted by Gasteiger charge is -2.21.